The third-order valence-corrected chi connectivity index (χ3v) is 5.43. The van der Waals surface area contributed by atoms with Crippen molar-refractivity contribution in [2.75, 3.05) is 13.6 Å². The largest absolute Gasteiger partial charge is 0.356 e. The maximum atomic E-state index is 12.6. The average molecular weight is 445 g/mol. The van der Waals surface area contributed by atoms with Gasteiger partial charge in [-0.1, -0.05) is 41.9 Å². The molecule has 1 fully saturated rings. The van der Waals surface area contributed by atoms with Crippen LogP contribution in [0.25, 0.3) is 0 Å². The summed E-state index contributed by atoms with van der Waals surface area (Å²) in [5, 5.41) is 4.71. The fraction of sp³-hybridized carbons (Fsp3) is 0.238. The molecule has 2 aromatic rings. The van der Waals surface area contributed by atoms with E-state index in [1.54, 1.807) is 24.3 Å². The minimum Gasteiger partial charge on any atom is -0.356 e. The predicted molar refractivity (Wildman–Crippen MR) is 118 cm³/mol. The lowest BCUT2D eigenvalue weighted by Gasteiger charge is -2.24. The fourth-order valence-electron chi connectivity index (χ4n) is 3.04. The van der Waals surface area contributed by atoms with E-state index in [1.165, 1.54) is 17.0 Å². The lowest BCUT2D eigenvalue weighted by atomic mass is 10.1. The first-order valence-electron chi connectivity index (χ1n) is 9.34. The number of hydrogen-bond acceptors (Lipinski definition) is 4. The van der Waals surface area contributed by atoms with Crippen LogP contribution < -0.4 is 10.7 Å². The molecule has 0 aliphatic carbocycles. The summed E-state index contributed by atoms with van der Waals surface area (Å²) in [5.74, 6) is -1.10. The zero-order valence-corrected chi connectivity index (χ0v) is 17.9. The molecule has 0 bridgehead atoms. The number of carbonyl (C=O) groups is 3. The Bertz CT molecular complexity index is 952. The van der Waals surface area contributed by atoms with Crippen molar-refractivity contribution in [2.24, 2.45) is 0 Å². The minimum atomic E-state index is -0.907. The number of nitrogens with zero attached hydrogens (tertiary/aromatic N) is 2. The van der Waals surface area contributed by atoms with Crippen LogP contribution in [0, 0.1) is 0 Å². The molecule has 3 amide bonds. The zero-order valence-electron chi connectivity index (χ0n) is 16.3. The van der Waals surface area contributed by atoms with Gasteiger partial charge in [0.1, 0.15) is 6.04 Å². The molecule has 0 aromatic heterocycles. The molecule has 2 N–H and O–H groups in total. The second kappa shape index (κ2) is 9.69. The predicted octanol–water partition coefficient (Wildman–Crippen LogP) is 2.16. The summed E-state index contributed by atoms with van der Waals surface area (Å²) in [6.45, 7) is 0.446. The van der Waals surface area contributed by atoms with E-state index in [4.69, 9.17) is 23.8 Å². The molecule has 1 saturated heterocycles. The minimum absolute atomic E-state index is 0.126. The number of halogens is 1. The number of thiocarbonyl (C=S) groups is 1. The molecule has 0 radical (unpaired) electrons. The number of nitrogens with one attached hydrogen (secondary N) is 2. The molecular formula is C21H21ClN4O3S. The van der Waals surface area contributed by atoms with Crippen LogP contribution in [0.2, 0.25) is 5.02 Å². The van der Waals surface area contributed by atoms with Crippen molar-refractivity contribution in [3.05, 3.63) is 70.7 Å². The SMILES string of the molecule is CN1C(=O)[C@H](CC(=O)NCCc2ccccc2)N(NC(=O)c2ccc(Cl)cc2)C1=S. The Balaban J connectivity index is 1.61. The normalized spacial score (nSPS) is 16.0. The van der Waals surface area contributed by atoms with E-state index in [9.17, 15) is 14.4 Å². The smallest absolute Gasteiger partial charge is 0.269 e. The van der Waals surface area contributed by atoms with Crippen LogP contribution in [0.1, 0.15) is 22.3 Å². The topological polar surface area (TPSA) is 81.8 Å². The molecule has 2 aromatic carbocycles. The Hall–Kier alpha value is -2.97. The number of amides is 3. The summed E-state index contributed by atoms with van der Waals surface area (Å²) in [5.41, 5.74) is 4.09. The molecule has 1 atom stereocenters. The molecule has 0 unspecified atom stereocenters. The van der Waals surface area contributed by atoms with Gasteiger partial charge in [0.25, 0.3) is 11.8 Å². The third-order valence-electron chi connectivity index (χ3n) is 4.71. The molecule has 3 rings (SSSR count). The summed E-state index contributed by atoms with van der Waals surface area (Å²) < 4.78 is 0. The number of benzene rings is 2. The van der Waals surface area contributed by atoms with Crippen LogP contribution in [0.5, 0.6) is 0 Å². The number of rotatable bonds is 7. The average Bonchev–Trinajstić information content (AvgIpc) is 2.93. The molecule has 1 aliphatic heterocycles. The molecule has 0 saturated carbocycles. The van der Waals surface area contributed by atoms with Gasteiger partial charge >= 0.3 is 0 Å². The number of hydrazine groups is 1. The van der Waals surface area contributed by atoms with Gasteiger partial charge in [0, 0.05) is 24.2 Å². The van der Waals surface area contributed by atoms with Gasteiger partial charge in [-0.3, -0.25) is 24.7 Å². The number of hydrogen-bond donors (Lipinski definition) is 2. The van der Waals surface area contributed by atoms with Crippen LogP contribution in [0.3, 0.4) is 0 Å². The Morgan fingerprint density at radius 3 is 2.43 bits per heavy atom. The van der Waals surface area contributed by atoms with Gasteiger partial charge in [0.05, 0.1) is 6.42 Å². The maximum absolute atomic E-state index is 12.6. The van der Waals surface area contributed by atoms with Crippen molar-refractivity contribution in [1.29, 1.82) is 0 Å². The monoisotopic (exact) mass is 444 g/mol. The van der Waals surface area contributed by atoms with E-state index in [0.717, 1.165) is 5.56 Å². The van der Waals surface area contributed by atoms with Gasteiger partial charge in [0.15, 0.2) is 5.11 Å². The van der Waals surface area contributed by atoms with Crippen LogP contribution in [-0.2, 0) is 16.0 Å². The summed E-state index contributed by atoms with van der Waals surface area (Å²) in [7, 11) is 1.51. The van der Waals surface area contributed by atoms with Gasteiger partial charge in [-0.2, -0.15) is 0 Å². The van der Waals surface area contributed by atoms with Crippen molar-refractivity contribution < 1.29 is 14.4 Å². The quantitative estimate of drug-likeness (QED) is 0.639. The highest BCUT2D eigenvalue weighted by molar-refractivity contribution is 7.80. The second-order valence-corrected chi connectivity index (χ2v) is 7.60. The molecule has 156 valence electrons. The Labute approximate surface area is 185 Å². The van der Waals surface area contributed by atoms with Crippen molar-refractivity contribution in [1.82, 2.24) is 20.7 Å². The maximum Gasteiger partial charge on any atom is 0.269 e. The highest BCUT2D eigenvalue weighted by atomic mass is 35.5. The van der Waals surface area contributed by atoms with E-state index in [2.05, 4.69) is 10.7 Å². The van der Waals surface area contributed by atoms with Crippen molar-refractivity contribution in [3.8, 4) is 0 Å². The van der Waals surface area contributed by atoms with Gasteiger partial charge < -0.3 is 5.32 Å². The van der Waals surface area contributed by atoms with Crippen LogP contribution in [-0.4, -0.2) is 52.4 Å². The summed E-state index contributed by atoms with van der Waals surface area (Å²) in [6.07, 6.45) is 0.555. The first-order chi connectivity index (χ1) is 14.4. The molecule has 7 nitrogen and oxygen atoms in total. The Morgan fingerprint density at radius 1 is 1.10 bits per heavy atom. The van der Waals surface area contributed by atoms with E-state index in [0.29, 0.717) is 23.6 Å². The van der Waals surface area contributed by atoms with Crippen molar-refractivity contribution >= 4 is 46.7 Å². The van der Waals surface area contributed by atoms with Gasteiger partial charge in [-0.25, -0.2) is 5.01 Å². The molecular weight excluding hydrogens is 424 g/mol. The van der Waals surface area contributed by atoms with E-state index < -0.39 is 11.9 Å². The van der Waals surface area contributed by atoms with E-state index >= 15 is 0 Å². The summed E-state index contributed by atoms with van der Waals surface area (Å²) >= 11 is 11.1. The Kier molecular flexibility index (Phi) is 7.02. The number of carbonyl (C=O) groups excluding carboxylic acids is 3. The summed E-state index contributed by atoms with van der Waals surface area (Å²) in [6, 6.07) is 15.2. The molecule has 30 heavy (non-hydrogen) atoms. The number of likely N-dealkylation sites (N-methyl/N-ethyl adjacent to an activating group) is 1. The van der Waals surface area contributed by atoms with E-state index in [-0.39, 0.29) is 23.3 Å². The van der Waals surface area contributed by atoms with Crippen LogP contribution >= 0.6 is 23.8 Å². The molecule has 0 spiro atoms. The van der Waals surface area contributed by atoms with Crippen molar-refractivity contribution in [3.63, 3.8) is 0 Å². The lowest BCUT2D eigenvalue weighted by Crippen LogP contribution is -2.50. The highest BCUT2D eigenvalue weighted by Crippen LogP contribution is 2.18. The Morgan fingerprint density at radius 2 is 1.77 bits per heavy atom. The molecule has 9 heteroatoms. The van der Waals surface area contributed by atoms with Crippen LogP contribution in [0.4, 0.5) is 0 Å². The molecule has 1 heterocycles. The van der Waals surface area contributed by atoms with Gasteiger partial charge in [-0.05, 0) is 48.5 Å². The van der Waals surface area contributed by atoms with Gasteiger partial charge in [0.2, 0.25) is 5.91 Å². The highest BCUT2D eigenvalue weighted by Gasteiger charge is 2.42. The first kappa shape index (κ1) is 21.7. The standard InChI is InChI=1S/C21H21ClN4O3S/c1-25-20(29)17(13-18(27)23-12-11-14-5-3-2-4-6-14)26(21(25)30)24-19(28)15-7-9-16(22)10-8-15/h2-10,17H,11-13H2,1H3,(H,23,27)(H,24,28)/t17-/m0/s1. The fourth-order valence-corrected chi connectivity index (χ4v) is 3.43. The summed E-state index contributed by atoms with van der Waals surface area (Å²) in [4.78, 5) is 38.8. The zero-order chi connectivity index (χ0) is 21.7. The first-order valence-corrected chi connectivity index (χ1v) is 10.1. The van der Waals surface area contributed by atoms with E-state index in [1.807, 2.05) is 30.3 Å². The van der Waals surface area contributed by atoms with Crippen LogP contribution in [0.15, 0.2) is 54.6 Å². The van der Waals surface area contributed by atoms with Gasteiger partial charge in [-0.15, -0.1) is 0 Å². The molecule has 1 aliphatic rings. The van der Waals surface area contributed by atoms with Crippen molar-refractivity contribution in [2.45, 2.75) is 18.9 Å². The second-order valence-electron chi connectivity index (χ2n) is 6.80. The third kappa shape index (κ3) is 5.14. The lowest BCUT2D eigenvalue weighted by molar-refractivity contribution is -0.131.